The number of alkyl carbamates (subject to hydrolysis) is 1. The molecule has 2 heterocycles. The molecular weight excluding hydrogens is 494 g/mol. The molecule has 0 aliphatic rings. The first-order valence-electron chi connectivity index (χ1n) is 11.9. The van der Waals surface area contributed by atoms with Gasteiger partial charge in [0.05, 0.1) is 49.5 Å². The average molecular weight is 528 g/mol. The minimum Gasteiger partial charge on any atom is -0.496 e. The molecule has 0 saturated carbocycles. The van der Waals surface area contributed by atoms with Gasteiger partial charge in [0.2, 0.25) is 0 Å². The fourth-order valence-electron chi connectivity index (χ4n) is 3.33. The molecule has 9 nitrogen and oxygen atoms in total. The van der Waals surface area contributed by atoms with Crippen molar-refractivity contribution in [3.8, 4) is 33.3 Å². The second-order valence-corrected chi connectivity index (χ2v) is 10.4. The highest BCUT2D eigenvalue weighted by Crippen LogP contribution is 2.32. The number of carbonyl (C=O) groups is 2. The molecule has 0 spiro atoms. The van der Waals surface area contributed by atoms with E-state index < -0.39 is 17.7 Å². The molecule has 1 N–H and O–H groups in total. The molecule has 3 rings (SSSR count). The van der Waals surface area contributed by atoms with E-state index in [1.54, 1.807) is 30.6 Å². The molecule has 37 heavy (non-hydrogen) atoms. The van der Waals surface area contributed by atoms with Crippen LogP contribution in [0.4, 0.5) is 4.79 Å². The number of thiophene rings is 1. The smallest absolute Gasteiger partial charge is 0.407 e. The normalized spacial score (nSPS) is 11.9. The van der Waals surface area contributed by atoms with Crippen LogP contribution < -0.4 is 14.8 Å². The van der Waals surface area contributed by atoms with Crippen molar-refractivity contribution in [2.75, 3.05) is 27.4 Å². The van der Waals surface area contributed by atoms with Crippen LogP contribution in [-0.4, -0.2) is 55.0 Å². The number of nitrogens with one attached hydrogen (secondary N) is 1. The van der Waals surface area contributed by atoms with E-state index in [1.165, 1.54) is 25.6 Å². The summed E-state index contributed by atoms with van der Waals surface area (Å²) in [5, 5.41) is 4.72. The van der Waals surface area contributed by atoms with Crippen LogP contribution in [0.5, 0.6) is 11.5 Å². The summed E-state index contributed by atoms with van der Waals surface area (Å²) in [6.45, 7) is 8.59. The maximum Gasteiger partial charge on any atom is 0.407 e. The van der Waals surface area contributed by atoms with Crippen molar-refractivity contribution in [3.05, 3.63) is 47.6 Å². The van der Waals surface area contributed by atoms with Crippen LogP contribution in [0.3, 0.4) is 0 Å². The largest absolute Gasteiger partial charge is 0.496 e. The number of ether oxygens (including phenoxy) is 4. The Bertz CT molecular complexity index is 1220. The molecule has 198 valence electrons. The lowest BCUT2D eigenvalue weighted by molar-refractivity contribution is 0.0517. The zero-order valence-corrected chi connectivity index (χ0v) is 22.8. The Balaban J connectivity index is 1.58. The molecule has 0 bridgehead atoms. The quantitative estimate of drug-likeness (QED) is 0.340. The molecule has 1 aromatic carbocycles. The highest BCUT2D eigenvalue weighted by atomic mass is 32.1. The van der Waals surface area contributed by atoms with E-state index in [4.69, 9.17) is 23.9 Å². The van der Waals surface area contributed by atoms with E-state index in [-0.39, 0.29) is 5.92 Å². The number of hydrogen-bond donors (Lipinski definition) is 1. The molecule has 0 fully saturated rings. The predicted molar refractivity (Wildman–Crippen MR) is 142 cm³/mol. The first-order valence-corrected chi connectivity index (χ1v) is 12.7. The lowest BCUT2D eigenvalue weighted by Gasteiger charge is -2.20. The Morgan fingerprint density at radius 3 is 2.57 bits per heavy atom. The van der Waals surface area contributed by atoms with Gasteiger partial charge in [-0.25, -0.2) is 14.6 Å². The van der Waals surface area contributed by atoms with Crippen LogP contribution in [-0.2, 0) is 9.47 Å². The van der Waals surface area contributed by atoms with Crippen LogP contribution in [0.1, 0.15) is 44.5 Å². The van der Waals surface area contributed by atoms with E-state index in [9.17, 15) is 9.59 Å². The van der Waals surface area contributed by atoms with Gasteiger partial charge in [0.1, 0.15) is 22.7 Å². The fraction of sp³-hybridized carbons (Fsp3) is 0.407. The van der Waals surface area contributed by atoms with Gasteiger partial charge < -0.3 is 24.3 Å². The molecule has 3 aromatic rings. The lowest BCUT2D eigenvalue weighted by atomic mass is 10.1. The topological polar surface area (TPSA) is 109 Å². The molecule has 0 unspecified atom stereocenters. The van der Waals surface area contributed by atoms with E-state index in [1.807, 2.05) is 39.1 Å². The molecule has 0 aliphatic heterocycles. The Morgan fingerprint density at radius 1 is 1.11 bits per heavy atom. The monoisotopic (exact) mass is 527 g/mol. The second kappa shape index (κ2) is 12.5. The maximum atomic E-state index is 11.9. The summed E-state index contributed by atoms with van der Waals surface area (Å²) < 4.78 is 21.3. The van der Waals surface area contributed by atoms with Crippen LogP contribution in [0.15, 0.2) is 42.0 Å². The summed E-state index contributed by atoms with van der Waals surface area (Å²) in [5.41, 5.74) is 1.95. The zero-order valence-electron chi connectivity index (χ0n) is 22.0. The average Bonchev–Trinajstić information content (AvgIpc) is 3.34. The lowest BCUT2D eigenvalue weighted by Crippen LogP contribution is -2.35. The fourth-order valence-corrected chi connectivity index (χ4v) is 4.12. The second-order valence-electron chi connectivity index (χ2n) is 9.47. The van der Waals surface area contributed by atoms with Gasteiger partial charge in [-0.2, -0.15) is 0 Å². The third-order valence-corrected chi connectivity index (χ3v) is 6.17. The van der Waals surface area contributed by atoms with Crippen molar-refractivity contribution in [1.29, 1.82) is 0 Å². The minimum atomic E-state index is -0.515. The van der Waals surface area contributed by atoms with E-state index >= 15 is 0 Å². The van der Waals surface area contributed by atoms with Crippen molar-refractivity contribution in [3.63, 3.8) is 0 Å². The Kier molecular flexibility index (Phi) is 9.46. The number of nitrogens with zero attached hydrogens (tertiary/aromatic N) is 2. The number of carbonyl (C=O) groups excluding carboxylic acids is 2. The van der Waals surface area contributed by atoms with E-state index in [2.05, 4.69) is 10.3 Å². The summed E-state index contributed by atoms with van der Waals surface area (Å²) in [5.74, 6) is 0.918. The van der Waals surface area contributed by atoms with Crippen molar-refractivity contribution in [2.24, 2.45) is 5.92 Å². The van der Waals surface area contributed by atoms with Gasteiger partial charge >= 0.3 is 12.1 Å². The number of amides is 1. The molecule has 0 aliphatic carbocycles. The number of hydrogen-bond acceptors (Lipinski definition) is 9. The molecular formula is C27H33N3O6S. The standard InChI is InChI=1S/C27H33N3O6S/c1-17(13-29-26(32)36-27(2,3)4)9-10-35-19-12-24(37-16-19)22-15-28-14-21(30-22)18-7-8-20(25(31)34-6)23(11-18)33-5/h7-8,11-12,14-17H,9-10,13H2,1-6H3,(H,29,32)/t17-/m0/s1. The number of benzene rings is 1. The summed E-state index contributed by atoms with van der Waals surface area (Å²) >= 11 is 1.51. The molecule has 0 radical (unpaired) electrons. The first-order chi connectivity index (χ1) is 17.6. The van der Waals surface area contributed by atoms with Crippen LogP contribution in [0.25, 0.3) is 21.8 Å². The zero-order chi connectivity index (χ0) is 27.0. The molecule has 0 saturated heterocycles. The molecule has 1 amide bonds. The molecule has 2 aromatic heterocycles. The van der Waals surface area contributed by atoms with Gasteiger partial charge in [0.15, 0.2) is 0 Å². The third-order valence-electron chi connectivity index (χ3n) is 5.24. The molecule has 1 atom stereocenters. The summed E-state index contributed by atoms with van der Waals surface area (Å²) in [7, 11) is 2.83. The van der Waals surface area contributed by atoms with Crippen molar-refractivity contribution >= 4 is 23.4 Å². The predicted octanol–water partition coefficient (Wildman–Crippen LogP) is 5.60. The van der Waals surface area contributed by atoms with Crippen LogP contribution >= 0.6 is 11.3 Å². The van der Waals surface area contributed by atoms with E-state index in [0.717, 1.165) is 22.6 Å². The third kappa shape index (κ3) is 8.18. The van der Waals surface area contributed by atoms with Gasteiger partial charge in [0, 0.05) is 23.6 Å². The van der Waals surface area contributed by atoms with Gasteiger partial charge in [-0.15, -0.1) is 11.3 Å². The minimum absolute atomic E-state index is 0.232. The van der Waals surface area contributed by atoms with Crippen LogP contribution in [0, 0.1) is 5.92 Å². The van der Waals surface area contributed by atoms with E-state index in [0.29, 0.717) is 35.9 Å². The van der Waals surface area contributed by atoms with Gasteiger partial charge in [-0.3, -0.25) is 4.98 Å². The number of rotatable bonds is 10. The van der Waals surface area contributed by atoms with Crippen molar-refractivity contribution in [1.82, 2.24) is 15.3 Å². The van der Waals surface area contributed by atoms with Crippen LogP contribution in [0.2, 0.25) is 0 Å². The van der Waals surface area contributed by atoms with Gasteiger partial charge in [-0.1, -0.05) is 13.0 Å². The van der Waals surface area contributed by atoms with Gasteiger partial charge in [-0.05, 0) is 45.2 Å². The Labute approximate surface area is 221 Å². The maximum absolute atomic E-state index is 11.9. The van der Waals surface area contributed by atoms with Crippen molar-refractivity contribution < 1.29 is 28.5 Å². The van der Waals surface area contributed by atoms with Crippen molar-refractivity contribution in [2.45, 2.75) is 39.7 Å². The SMILES string of the molecule is COC(=O)c1ccc(-c2cncc(-c3cc(OCC[C@H](C)CNC(=O)OC(C)(C)C)cs3)n2)cc1OC. The highest BCUT2D eigenvalue weighted by Gasteiger charge is 2.17. The van der Waals surface area contributed by atoms with Gasteiger partial charge in [0.25, 0.3) is 0 Å². The summed E-state index contributed by atoms with van der Waals surface area (Å²) in [4.78, 5) is 33.7. The number of methoxy groups -OCH3 is 2. The molecule has 10 heteroatoms. The highest BCUT2D eigenvalue weighted by molar-refractivity contribution is 7.13. The Hall–Kier alpha value is -3.66. The summed E-state index contributed by atoms with van der Waals surface area (Å²) in [6, 6.07) is 7.10. The first kappa shape index (κ1) is 27.9. The number of esters is 1. The summed E-state index contributed by atoms with van der Waals surface area (Å²) in [6.07, 6.45) is 3.72. The Morgan fingerprint density at radius 2 is 1.86 bits per heavy atom. The number of aromatic nitrogens is 2.